The number of hydrogen-bond donors (Lipinski definition) is 1. The van der Waals surface area contributed by atoms with Crippen molar-refractivity contribution in [2.45, 2.75) is 40.3 Å². The zero-order valence-electron chi connectivity index (χ0n) is 20.8. The van der Waals surface area contributed by atoms with Gasteiger partial charge in [0.1, 0.15) is 5.75 Å². The summed E-state index contributed by atoms with van der Waals surface area (Å²) in [4.78, 5) is 2.25. The molecule has 2 aromatic carbocycles. The van der Waals surface area contributed by atoms with Gasteiger partial charge in [-0.1, -0.05) is 50.3 Å². The molecule has 3 aromatic rings. The second kappa shape index (κ2) is 12.5. The van der Waals surface area contributed by atoms with Crippen LogP contribution in [0.2, 0.25) is 0 Å². The highest BCUT2D eigenvalue weighted by Crippen LogP contribution is 2.32. The molecule has 6 nitrogen and oxygen atoms in total. The average molecular weight is 464 g/mol. The number of aromatic nitrogens is 2. The van der Waals surface area contributed by atoms with Crippen LogP contribution in [0.5, 0.6) is 11.6 Å². The second-order valence-electron chi connectivity index (χ2n) is 9.10. The standard InChI is InChI=1S/C28H37N3O3/c1-6-15-33-20-25(32)18-30(17-21(2)3)19-27-23(5)29-31(24-12-8-7-9-13-24)28(27)34-26-14-10-11-22(4)16-26/h6-14,16,21,25,32H,1,15,17-20H2,2-5H3/t25-/m0/s1. The summed E-state index contributed by atoms with van der Waals surface area (Å²) in [6.45, 7) is 14.7. The van der Waals surface area contributed by atoms with E-state index < -0.39 is 6.10 Å². The monoisotopic (exact) mass is 463 g/mol. The Kier molecular flexibility index (Phi) is 9.45. The molecular formula is C28H37N3O3. The average Bonchev–Trinajstić information content (AvgIpc) is 3.09. The highest BCUT2D eigenvalue weighted by atomic mass is 16.5. The van der Waals surface area contributed by atoms with E-state index in [-0.39, 0.29) is 6.61 Å². The van der Waals surface area contributed by atoms with Crippen molar-refractivity contribution in [3.8, 4) is 17.3 Å². The summed E-state index contributed by atoms with van der Waals surface area (Å²) in [5.41, 5.74) is 3.97. The van der Waals surface area contributed by atoms with Crippen LogP contribution in [-0.2, 0) is 11.3 Å². The third-order valence-corrected chi connectivity index (χ3v) is 5.36. The van der Waals surface area contributed by atoms with Gasteiger partial charge in [0.15, 0.2) is 0 Å². The molecule has 0 radical (unpaired) electrons. The Balaban J connectivity index is 1.94. The molecule has 1 aromatic heterocycles. The predicted molar refractivity (Wildman–Crippen MR) is 137 cm³/mol. The van der Waals surface area contributed by atoms with E-state index in [0.29, 0.717) is 31.5 Å². The second-order valence-corrected chi connectivity index (χ2v) is 9.10. The lowest BCUT2D eigenvalue weighted by Gasteiger charge is -2.27. The fourth-order valence-electron chi connectivity index (χ4n) is 3.94. The highest BCUT2D eigenvalue weighted by molar-refractivity contribution is 5.43. The van der Waals surface area contributed by atoms with Gasteiger partial charge in [-0.15, -0.1) is 6.58 Å². The van der Waals surface area contributed by atoms with Gasteiger partial charge in [-0.2, -0.15) is 5.10 Å². The van der Waals surface area contributed by atoms with Crippen molar-refractivity contribution in [2.24, 2.45) is 5.92 Å². The number of benzene rings is 2. The van der Waals surface area contributed by atoms with Crippen molar-refractivity contribution < 1.29 is 14.6 Å². The van der Waals surface area contributed by atoms with E-state index in [1.54, 1.807) is 6.08 Å². The van der Waals surface area contributed by atoms with E-state index in [1.165, 1.54) is 0 Å². The molecule has 6 heteroatoms. The fraction of sp³-hybridized carbons (Fsp3) is 0.393. The molecule has 182 valence electrons. The molecule has 0 spiro atoms. The number of ether oxygens (including phenoxy) is 2. The molecule has 3 rings (SSSR count). The third kappa shape index (κ3) is 7.29. The van der Waals surface area contributed by atoms with Crippen LogP contribution in [0.4, 0.5) is 0 Å². The van der Waals surface area contributed by atoms with Crippen LogP contribution in [0.1, 0.15) is 30.7 Å². The molecule has 0 saturated heterocycles. The molecule has 0 saturated carbocycles. The first-order valence-corrected chi connectivity index (χ1v) is 11.8. The first kappa shape index (κ1) is 25.7. The Labute approximate surface area is 203 Å². The van der Waals surface area contributed by atoms with Gasteiger partial charge < -0.3 is 14.6 Å². The maximum absolute atomic E-state index is 10.6. The Morgan fingerprint density at radius 2 is 1.85 bits per heavy atom. The summed E-state index contributed by atoms with van der Waals surface area (Å²) < 4.78 is 13.8. The molecule has 0 amide bonds. The lowest BCUT2D eigenvalue weighted by molar-refractivity contribution is 0.0222. The zero-order chi connectivity index (χ0) is 24.5. The molecule has 1 heterocycles. The SMILES string of the molecule is C=CCOC[C@@H](O)CN(Cc1c(C)nn(-c2ccccc2)c1Oc1cccc(C)c1)CC(C)C. The Hall–Kier alpha value is -2.93. The van der Waals surface area contributed by atoms with E-state index >= 15 is 0 Å². The van der Waals surface area contributed by atoms with Crippen molar-refractivity contribution in [2.75, 3.05) is 26.3 Å². The minimum absolute atomic E-state index is 0.273. The number of rotatable bonds is 13. The number of hydrogen-bond acceptors (Lipinski definition) is 5. The van der Waals surface area contributed by atoms with Gasteiger partial charge in [-0.3, -0.25) is 4.90 Å². The lowest BCUT2D eigenvalue weighted by atomic mass is 10.1. The number of aryl methyl sites for hydroxylation is 2. The summed E-state index contributed by atoms with van der Waals surface area (Å²) in [5, 5.41) is 15.4. The number of para-hydroxylation sites is 1. The summed E-state index contributed by atoms with van der Waals surface area (Å²) >= 11 is 0. The number of nitrogens with zero attached hydrogens (tertiary/aromatic N) is 3. The normalized spacial score (nSPS) is 12.3. The molecule has 1 atom stereocenters. The Morgan fingerprint density at radius 3 is 2.53 bits per heavy atom. The van der Waals surface area contributed by atoms with Crippen LogP contribution in [0.15, 0.2) is 67.3 Å². The molecule has 1 N–H and O–H groups in total. The van der Waals surface area contributed by atoms with E-state index in [0.717, 1.165) is 34.8 Å². The van der Waals surface area contributed by atoms with Gasteiger partial charge in [0.25, 0.3) is 0 Å². The molecule has 34 heavy (non-hydrogen) atoms. The van der Waals surface area contributed by atoms with Crippen LogP contribution in [0.25, 0.3) is 5.69 Å². The molecule has 0 bridgehead atoms. The van der Waals surface area contributed by atoms with Gasteiger partial charge in [0.2, 0.25) is 5.88 Å². The Bertz CT molecular complexity index is 1050. The van der Waals surface area contributed by atoms with Crippen LogP contribution >= 0.6 is 0 Å². The minimum Gasteiger partial charge on any atom is -0.439 e. The van der Waals surface area contributed by atoms with Crippen molar-refractivity contribution in [1.82, 2.24) is 14.7 Å². The number of aliphatic hydroxyl groups is 1. The van der Waals surface area contributed by atoms with E-state index in [2.05, 4.69) is 25.3 Å². The van der Waals surface area contributed by atoms with Crippen molar-refractivity contribution in [3.63, 3.8) is 0 Å². The molecule has 0 aliphatic rings. The highest BCUT2D eigenvalue weighted by Gasteiger charge is 2.23. The zero-order valence-corrected chi connectivity index (χ0v) is 20.8. The first-order chi connectivity index (χ1) is 16.4. The lowest BCUT2D eigenvalue weighted by Crippen LogP contribution is -2.37. The molecular weight excluding hydrogens is 426 g/mol. The largest absolute Gasteiger partial charge is 0.439 e. The quantitative estimate of drug-likeness (QED) is 0.275. The summed E-state index contributed by atoms with van der Waals surface area (Å²) in [6, 6.07) is 18.0. The molecule has 0 aliphatic heterocycles. The maximum atomic E-state index is 10.6. The van der Waals surface area contributed by atoms with Gasteiger partial charge in [-0.05, 0) is 49.6 Å². The summed E-state index contributed by atoms with van der Waals surface area (Å²) in [6.07, 6.45) is 1.10. The Morgan fingerprint density at radius 1 is 1.09 bits per heavy atom. The summed E-state index contributed by atoms with van der Waals surface area (Å²) in [7, 11) is 0. The van der Waals surface area contributed by atoms with Crippen LogP contribution in [0, 0.1) is 19.8 Å². The summed E-state index contributed by atoms with van der Waals surface area (Å²) in [5.74, 6) is 1.90. The van der Waals surface area contributed by atoms with E-state index in [4.69, 9.17) is 14.6 Å². The van der Waals surface area contributed by atoms with Crippen molar-refractivity contribution >= 4 is 0 Å². The minimum atomic E-state index is -0.593. The van der Waals surface area contributed by atoms with Crippen molar-refractivity contribution in [1.29, 1.82) is 0 Å². The third-order valence-electron chi connectivity index (χ3n) is 5.36. The topological polar surface area (TPSA) is 59.8 Å². The van der Waals surface area contributed by atoms with Gasteiger partial charge in [-0.25, -0.2) is 4.68 Å². The number of aliphatic hydroxyl groups excluding tert-OH is 1. The van der Waals surface area contributed by atoms with Gasteiger partial charge in [0, 0.05) is 19.6 Å². The maximum Gasteiger partial charge on any atom is 0.227 e. The van der Waals surface area contributed by atoms with E-state index in [1.807, 2.05) is 73.1 Å². The fourth-order valence-corrected chi connectivity index (χ4v) is 3.94. The van der Waals surface area contributed by atoms with E-state index in [9.17, 15) is 5.11 Å². The molecule has 0 aliphatic carbocycles. The smallest absolute Gasteiger partial charge is 0.227 e. The predicted octanol–water partition coefficient (Wildman–Crippen LogP) is 5.30. The molecule has 0 fully saturated rings. The van der Waals surface area contributed by atoms with Gasteiger partial charge in [0.05, 0.1) is 36.3 Å². The molecule has 0 unspecified atom stereocenters. The van der Waals surface area contributed by atoms with Crippen LogP contribution in [0.3, 0.4) is 0 Å². The van der Waals surface area contributed by atoms with Crippen molar-refractivity contribution in [3.05, 3.63) is 84.1 Å². The van der Waals surface area contributed by atoms with Gasteiger partial charge >= 0.3 is 0 Å². The van der Waals surface area contributed by atoms with Crippen LogP contribution in [-0.4, -0.2) is 52.2 Å². The first-order valence-electron chi connectivity index (χ1n) is 11.8. The van der Waals surface area contributed by atoms with Crippen LogP contribution < -0.4 is 4.74 Å².